The van der Waals surface area contributed by atoms with E-state index in [1.165, 1.54) is 4.68 Å². The van der Waals surface area contributed by atoms with Gasteiger partial charge in [0, 0.05) is 6.54 Å². The fourth-order valence-corrected chi connectivity index (χ4v) is 1.91. The maximum absolute atomic E-state index is 12.0. The molecule has 18 heavy (non-hydrogen) atoms. The van der Waals surface area contributed by atoms with Crippen LogP contribution in [-0.2, 0) is 6.54 Å². The highest BCUT2D eigenvalue weighted by Crippen LogP contribution is 2.15. The summed E-state index contributed by atoms with van der Waals surface area (Å²) in [5.41, 5.74) is 0.342. The van der Waals surface area contributed by atoms with Crippen molar-refractivity contribution >= 4 is 11.8 Å². The normalized spacial score (nSPS) is 18.4. The molecule has 0 saturated carbocycles. The van der Waals surface area contributed by atoms with Crippen molar-refractivity contribution in [2.45, 2.75) is 33.4 Å². The van der Waals surface area contributed by atoms with Gasteiger partial charge in [0.15, 0.2) is 11.4 Å². The van der Waals surface area contributed by atoms with Gasteiger partial charge in [-0.1, -0.05) is 19.1 Å². The van der Waals surface area contributed by atoms with Gasteiger partial charge in [-0.05, 0) is 12.8 Å². The minimum atomic E-state index is -0.364. The molecule has 7 nitrogen and oxygen atoms in total. The summed E-state index contributed by atoms with van der Waals surface area (Å²) >= 11 is 0. The molecule has 1 aliphatic heterocycles. The molecule has 0 aromatic carbocycles. The molecule has 0 fully saturated rings. The predicted molar refractivity (Wildman–Crippen MR) is 64.1 cm³/mol. The fraction of sp³-hybridized carbons (Fsp3) is 0.636. The number of amides is 2. The number of carbonyl (C=O) groups is 2. The maximum atomic E-state index is 12.0. The number of carbonyl (C=O) groups excluding carboxylic acids is 2. The molecule has 2 amide bonds. The van der Waals surface area contributed by atoms with Gasteiger partial charge >= 0.3 is 0 Å². The van der Waals surface area contributed by atoms with E-state index in [0.29, 0.717) is 19.0 Å². The van der Waals surface area contributed by atoms with E-state index in [9.17, 15) is 9.59 Å². The average Bonchev–Trinajstić information content (AvgIpc) is 2.73. The number of fused-ring (bicyclic) bond motifs is 1. The Kier molecular flexibility index (Phi) is 3.31. The molecule has 2 N–H and O–H groups in total. The van der Waals surface area contributed by atoms with Gasteiger partial charge in [-0.3, -0.25) is 9.59 Å². The number of rotatable bonds is 3. The van der Waals surface area contributed by atoms with Crippen molar-refractivity contribution in [3.63, 3.8) is 0 Å². The van der Waals surface area contributed by atoms with Gasteiger partial charge in [-0.15, -0.1) is 5.10 Å². The first-order valence-electron chi connectivity index (χ1n) is 6.07. The number of hydrogen-bond donors (Lipinski definition) is 2. The summed E-state index contributed by atoms with van der Waals surface area (Å²) < 4.78 is 1.51. The number of hydrogen-bond acceptors (Lipinski definition) is 4. The highest BCUT2D eigenvalue weighted by atomic mass is 16.2. The second-order valence-electron chi connectivity index (χ2n) is 4.65. The zero-order chi connectivity index (χ0) is 13.3. The quantitative estimate of drug-likeness (QED) is 0.778. The first-order valence-corrected chi connectivity index (χ1v) is 6.07. The smallest absolute Gasteiger partial charge is 0.274 e. The Bertz CT molecular complexity index is 480. The summed E-state index contributed by atoms with van der Waals surface area (Å²) in [5, 5.41) is 13.2. The molecule has 1 aromatic heterocycles. The second-order valence-corrected chi connectivity index (χ2v) is 4.65. The molecule has 2 rings (SSSR count). The Hall–Kier alpha value is -1.92. The fourth-order valence-electron chi connectivity index (χ4n) is 1.91. The lowest BCUT2D eigenvalue weighted by molar-refractivity contribution is 0.0862. The van der Waals surface area contributed by atoms with E-state index >= 15 is 0 Å². The lowest BCUT2D eigenvalue weighted by Gasteiger charge is -2.27. The zero-order valence-corrected chi connectivity index (χ0v) is 10.7. The molecule has 1 atom stereocenters. The first-order chi connectivity index (χ1) is 8.54. The van der Waals surface area contributed by atoms with Crippen LogP contribution >= 0.6 is 0 Å². The van der Waals surface area contributed by atoms with Crippen LogP contribution in [0.3, 0.4) is 0 Å². The van der Waals surface area contributed by atoms with Crippen molar-refractivity contribution in [1.29, 1.82) is 0 Å². The van der Waals surface area contributed by atoms with Crippen LogP contribution in [0.15, 0.2) is 0 Å². The van der Waals surface area contributed by atoms with Crippen molar-refractivity contribution in [1.82, 2.24) is 25.6 Å². The average molecular weight is 251 g/mol. The van der Waals surface area contributed by atoms with E-state index < -0.39 is 0 Å². The van der Waals surface area contributed by atoms with Crippen LogP contribution in [-0.4, -0.2) is 39.4 Å². The summed E-state index contributed by atoms with van der Waals surface area (Å²) in [6.07, 6.45) is 0. The van der Waals surface area contributed by atoms with Crippen molar-refractivity contribution in [3.8, 4) is 0 Å². The molecule has 0 unspecified atom stereocenters. The lowest BCUT2D eigenvalue weighted by Crippen LogP contribution is -2.48. The second kappa shape index (κ2) is 4.75. The zero-order valence-electron chi connectivity index (χ0n) is 10.7. The maximum Gasteiger partial charge on any atom is 0.274 e. The Labute approximate surface area is 105 Å². The summed E-state index contributed by atoms with van der Waals surface area (Å²) in [6, 6.07) is 0.0220. The van der Waals surface area contributed by atoms with Gasteiger partial charge in [0.05, 0.1) is 12.6 Å². The molecule has 0 bridgehead atoms. The molecule has 1 aliphatic rings. The summed E-state index contributed by atoms with van der Waals surface area (Å²) in [6.45, 7) is 6.89. The van der Waals surface area contributed by atoms with Gasteiger partial charge in [0.1, 0.15) is 0 Å². The molecule has 0 spiro atoms. The van der Waals surface area contributed by atoms with E-state index in [0.717, 1.165) is 0 Å². The summed E-state index contributed by atoms with van der Waals surface area (Å²) in [7, 11) is 0. The Morgan fingerprint density at radius 2 is 2.33 bits per heavy atom. The SMILES string of the molecule is CCNC(=O)c1nnn2c1C(=O)N[C@@H](C(C)C)C2. The van der Waals surface area contributed by atoms with Crippen molar-refractivity contribution in [2.24, 2.45) is 5.92 Å². The molecular formula is C11H17N5O2. The van der Waals surface area contributed by atoms with E-state index in [1.807, 2.05) is 20.8 Å². The molecule has 2 heterocycles. The van der Waals surface area contributed by atoms with Crippen LogP contribution in [0, 0.1) is 5.92 Å². The summed E-state index contributed by atoms with van der Waals surface area (Å²) in [5.74, 6) is -0.345. The van der Waals surface area contributed by atoms with Crippen LogP contribution in [0.2, 0.25) is 0 Å². The van der Waals surface area contributed by atoms with Gasteiger partial charge in [-0.2, -0.15) is 0 Å². The minimum Gasteiger partial charge on any atom is -0.351 e. The molecule has 1 aromatic rings. The van der Waals surface area contributed by atoms with Crippen molar-refractivity contribution in [2.75, 3.05) is 6.54 Å². The molecule has 0 radical (unpaired) electrons. The standard InChI is InChI=1S/C11H17N5O2/c1-4-12-10(17)8-9-11(18)13-7(6(2)3)5-16(9)15-14-8/h6-7H,4-5H2,1-3H3,(H,12,17)(H,13,18)/t7-/m1/s1. The molecule has 98 valence electrons. The molecular weight excluding hydrogens is 234 g/mol. The third-order valence-corrected chi connectivity index (χ3v) is 2.99. The van der Waals surface area contributed by atoms with Gasteiger partial charge < -0.3 is 10.6 Å². The van der Waals surface area contributed by atoms with E-state index in [2.05, 4.69) is 20.9 Å². The minimum absolute atomic E-state index is 0.0220. The molecule has 0 saturated heterocycles. The van der Waals surface area contributed by atoms with Gasteiger partial charge in [0.2, 0.25) is 0 Å². The van der Waals surface area contributed by atoms with Crippen molar-refractivity contribution in [3.05, 3.63) is 11.4 Å². The van der Waals surface area contributed by atoms with Crippen molar-refractivity contribution < 1.29 is 9.59 Å². The van der Waals surface area contributed by atoms with Crippen LogP contribution < -0.4 is 10.6 Å². The monoisotopic (exact) mass is 251 g/mol. The molecule has 7 heteroatoms. The van der Waals surface area contributed by atoms with E-state index in [1.54, 1.807) is 0 Å². The van der Waals surface area contributed by atoms with Crippen LogP contribution in [0.25, 0.3) is 0 Å². The Balaban J connectivity index is 2.31. The lowest BCUT2D eigenvalue weighted by atomic mass is 10.0. The topological polar surface area (TPSA) is 88.9 Å². The number of nitrogens with zero attached hydrogens (tertiary/aromatic N) is 3. The van der Waals surface area contributed by atoms with Gasteiger partial charge in [-0.25, -0.2) is 4.68 Å². The molecule has 0 aliphatic carbocycles. The predicted octanol–water partition coefficient (Wildman–Crippen LogP) is -0.204. The number of aromatic nitrogens is 3. The highest BCUT2D eigenvalue weighted by Gasteiger charge is 2.32. The number of nitrogens with one attached hydrogen (secondary N) is 2. The largest absolute Gasteiger partial charge is 0.351 e. The van der Waals surface area contributed by atoms with E-state index in [-0.39, 0.29) is 29.2 Å². The first kappa shape index (κ1) is 12.5. The third-order valence-electron chi connectivity index (χ3n) is 2.99. The third kappa shape index (κ3) is 2.07. The van der Waals surface area contributed by atoms with Crippen LogP contribution in [0.4, 0.5) is 0 Å². The Morgan fingerprint density at radius 1 is 1.61 bits per heavy atom. The highest BCUT2D eigenvalue weighted by molar-refractivity contribution is 6.05. The van der Waals surface area contributed by atoms with Gasteiger partial charge in [0.25, 0.3) is 11.8 Å². The van der Waals surface area contributed by atoms with E-state index in [4.69, 9.17) is 0 Å². The van der Waals surface area contributed by atoms with Crippen LogP contribution in [0.1, 0.15) is 41.7 Å². The Morgan fingerprint density at radius 3 is 2.94 bits per heavy atom. The summed E-state index contributed by atoms with van der Waals surface area (Å²) in [4.78, 5) is 23.7. The van der Waals surface area contributed by atoms with Crippen LogP contribution in [0.5, 0.6) is 0 Å².